The van der Waals surface area contributed by atoms with E-state index in [1.807, 2.05) is 12.1 Å². The Bertz CT molecular complexity index is 8190. The van der Waals surface area contributed by atoms with E-state index in [1.165, 1.54) is 57.1 Å². The Labute approximate surface area is 537 Å². The van der Waals surface area contributed by atoms with E-state index in [9.17, 15) is 9.59 Å². The van der Waals surface area contributed by atoms with Crippen LogP contribution in [0.4, 0.5) is 0 Å². The predicted octanol–water partition coefficient (Wildman–Crippen LogP) is 21.7. The summed E-state index contributed by atoms with van der Waals surface area (Å²) in [5, 5.41) is 94.8. The van der Waals surface area contributed by atoms with Gasteiger partial charge in [0.05, 0.1) is 10.8 Å². The predicted molar refractivity (Wildman–Crippen MR) is 402 cm³/mol. The molecule has 2 N–H and O–H groups in total. The van der Waals surface area contributed by atoms with Crippen LogP contribution in [0, 0.1) is 0 Å². The number of likely N-dealkylation sites (tertiary alicyclic amines) is 1. The van der Waals surface area contributed by atoms with Crippen LogP contribution in [-0.4, -0.2) is 48.9 Å². The first kappa shape index (κ1) is 43.5. The fraction of sp³-hybridized carbons (Fsp3) is 0.187. The summed E-state index contributed by atoms with van der Waals surface area (Å²) in [5.74, 6) is -0.461. The van der Waals surface area contributed by atoms with Crippen LogP contribution in [-0.2, 0) is 20.4 Å². The van der Waals surface area contributed by atoms with Crippen molar-refractivity contribution in [3.63, 3.8) is 0 Å². The highest BCUT2D eigenvalue weighted by atomic mass is 16.2. The second kappa shape index (κ2) is 11.9. The van der Waals surface area contributed by atoms with Crippen LogP contribution in [0.5, 0.6) is 0 Å². The van der Waals surface area contributed by atoms with Crippen molar-refractivity contribution in [1.82, 2.24) is 15.5 Å². The highest BCUT2D eigenvalue weighted by Gasteiger charge is 2.75. The summed E-state index contributed by atoms with van der Waals surface area (Å²) in [7, 11) is 0. The van der Waals surface area contributed by atoms with E-state index in [-0.39, 0.29) is 29.2 Å². The van der Waals surface area contributed by atoms with Crippen LogP contribution in [0.1, 0.15) is 97.6 Å². The lowest BCUT2D eigenvalue weighted by Crippen LogP contribution is -2.55. The second-order valence-corrected chi connectivity index (χ2v) is 33.1. The summed E-state index contributed by atoms with van der Waals surface area (Å²) in [6.45, 7) is 5.33. The Balaban J connectivity index is 0.715. The quantitative estimate of drug-likeness (QED) is 0.0543. The first-order valence-corrected chi connectivity index (χ1v) is 36.5. The molecule has 0 radical (unpaired) electrons. The number of hydrogen-bond donors (Lipinski definition) is 2. The molecule has 434 valence electrons. The van der Waals surface area contributed by atoms with Crippen LogP contribution in [0.15, 0.2) is 72.8 Å². The van der Waals surface area contributed by atoms with Gasteiger partial charge in [-0.2, -0.15) is 0 Å². The zero-order chi connectivity index (χ0) is 59.9. The third-order valence-corrected chi connectivity index (χ3v) is 31.0. The van der Waals surface area contributed by atoms with E-state index in [2.05, 4.69) is 71.0 Å². The van der Waals surface area contributed by atoms with Gasteiger partial charge in [-0.05, 0) is 344 Å². The van der Waals surface area contributed by atoms with Gasteiger partial charge in [0, 0.05) is 43.7 Å². The van der Waals surface area contributed by atoms with E-state index < -0.39 is 5.41 Å². The molecule has 0 bridgehead atoms. The van der Waals surface area contributed by atoms with Gasteiger partial charge in [-0.25, -0.2) is 0 Å². The summed E-state index contributed by atoms with van der Waals surface area (Å²) in [5.41, 5.74) is 8.35. The molecule has 30 aromatic carbocycles. The number of carbonyl (C=O) groups excluding carboxylic acids is 2. The lowest BCUT2D eigenvalue weighted by Gasteiger charge is -2.52. The molecule has 1 heterocycles. The van der Waals surface area contributed by atoms with E-state index >= 15 is 0 Å². The van der Waals surface area contributed by atoms with Crippen LogP contribution in [0.2, 0.25) is 0 Å². The maximum Gasteiger partial charge on any atom is 0.244 e. The Kier molecular flexibility index (Phi) is 5.40. The number of amides is 2. The number of nitrogens with zero attached hydrogens (tertiary/aromatic N) is 1. The van der Waals surface area contributed by atoms with Gasteiger partial charge in [0.2, 0.25) is 11.8 Å². The number of rotatable bonds is 17. The van der Waals surface area contributed by atoms with Crippen LogP contribution >= 0.6 is 0 Å². The number of carbonyl (C=O) groups is 2. The molecule has 35 rings (SSSR count). The van der Waals surface area contributed by atoms with Gasteiger partial charge in [0.1, 0.15) is 0 Å². The SMILES string of the molecule is CCCCCCCCCN1CC23c4c5c6c7c8c9c(c%10c%11c2c2c4c4c%12c5c5c6c6c8c8c%13c9c9c%10c%10c%11c%11c2c2c4c4c%12c%12c5c5c6c8c6c8c%13c9c9c%10c%10c%11c2c2c4c4c%12c5c6c5c8c9c%10c2c45)C73C1CCNC(=O)/C=C/C(=O)NCC(c1ccccc1)c1ccccc1. The first-order valence-electron chi connectivity index (χ1n) is 36.5. The third kappa shape index (κ3) is 3.13. The largest absolute Gasteiger partial charge is 0.352 e. The monoisotopic (exact) mass is 1210 g/mol. The van der Waals surface area contributed by atoms with Gasteiger partial charge in [-0.15, -0.1) is 0 Å². The Morgan fingerprint density at radius 1 is 0.365 bits per heavy atom. The van der Waals surface area contributed by atoms with Crippen LogP contribution in [0.3, 0.4) is 0 Å². The molecule has 0 saturated carbocycles. The maximum absolute atomic E-state index is 14.7. The fourth-order valence-corrected chi connectivity index (χ4v) is 29.6. The molecule has 5 aliphatic rings. The molecule has 1 atom stereocenters. The molecular weight excluding hydrogens is 1170 g/mol. The molecule has 5 nitrogen and oxygen atoms in total. The Morgan fingerprint density at radius 3 is 0.948 bits per heavy atom. The summed E-state index contributed by atoms with van der Waals surface area (Å²) >= 11 is 0. The van der Waals surface area contributed by atoms with E-state index in [1.54, 1.807) is 313 Å². The molecule has 1 fully saturated rings. The minimum Gasteiger partial charge on any atom is -0.352 e. The summed E-state index contributed by atoms with van der Waals surface area (Å²) < 4.78 is 0. The van der Waals surface area contributed by atoms with E-state index in [4.69, 9.17) is 0 Å². The molecule has 96 heavy (non-hydrogen) atoms. The second-order valence-electron chi connectivity index (χ2n) is 33.1. The van der Waals surface area contributed by atoms with Crippen LogP contribution in [0.25, 0.3) is 291 Å². The molecule has 1 aliphatic heterocycles. The molecule has 1 saturated heterocycles. The number of nitrogens with one attached hydrogen (secondary N) is 2. The average molecular weight is 1210 g/mol. The van der Waals surface area contributed by atoms with E-state index in [0.717, 1.165) is 30.6 Å². The highest BCUT2D eigenvalue weighted by molar-refractivity contribution is 6.82. The summed E-state index contributed by atoms with van der Waals surface area (Å²) in [6, 6.07) is 21.0. The molecule has 0 aromatic heterocycles. The molecule has 2 spiro atoms. The van der Waals surface area contributed by atoms with Gasteiger partial charge >= 0.3 is 0 Å². The zero-order valence-electron chi connectivity index (χ0n) is 51.8. The highest BCUT2D eigenvalue weighted by Crippen LogP contribution is 2.86. The fourth-order valence-electron chi connectivity index (χ4n) is 29.6. The average Bonchev–Trinajstić information content (AvgIpc) is 1.38. The van der Waals surface area contributed by atoms with Gasteiger partial charge in [0.25, 0.3) is 0 Å². The van der Waals surface area contributed by atoms with Crippen molar-refractivity contribution in [2.75, 3.05) is 26.2 Å². The van der Waals surface area contributed by atoms with Crippen molar-refractivity contribution in [2.24, 2.45) is 0 Å². The minimum absolute atomic E-state index is 0.0136. The van der Waals surface area contributed by atoms with Crippen molar-refractivity contribution in [1.29, 1.82) is 0 Å². The maximum atomic E-state index is 14.7. The normalized spacial score (nSPS) is 20.6. The molecule has 5 heteroatoms. The van der Waals surface area contributed by atoms with Crippen molar-refractivity contribution in [2.45, 2.75) is 81.1 Å². The van der Waals surface area contributed by atoms with E-state index in [0.29, 0.717) is 13.1 Å². The van der Waals surface area contributed by atoms with Crippen molar-refractivity contribution < 1.29 is 9.59 Å². The first-order chi connectivity index (χ1) is 47.6. The van der Waals surface area contributed by atoms with Crippen molar-refractivity contribution in [3.05, 3.63) is 106 Å². The molecule has 30 aromatic rings. The summed E-state index contributed by atoms with van der Waals surface area (Å²) in [6.07, 6.45) is 12.7. The minimum atomic E-state index is -0.437. The van der Waals surface area contributed by atoms with Gasteiger partial charge in [0.15, 0.2) is 0 Å². The number of unbranched alkanes of at least 4 members (excludes halogenated alkanes) is 6. The van der Waals surface area contributed by atoms with Gasteiger partial charge in [-0.1, -0.05) is 106 Å². The molecule has 4 aliphatic carbocycles. The number of hydrogen-bond acceptors (Lipinski definition) is 3. The molecular formula is C91H43N3O2. The van der Waals surface area contributed by atoms with Crippen LogP contribution < -0.4 is 10.6 Å². The standard InChI is InChI=1S/C91H43N3O2/c1-2-3-4-5-6-7-14-23-94-25-90-86-78-70-60-50-42-34-32-33-36-40-38(34)46-54-48(40)58-52-44(36)45-37(33)41-39-35(32)43(42)51-57-47(39)55-49(41)59-53(45)63-62(52)74-68(58)76-66(54)72(64(70)56(46)50)80(86)82(76)88-84(74)85-75(63)69(59)77-67(55)73-65(57)71(61(51)60)79(78)87(90)81(73)83(77)89(85)91(88,90)29(94)21-22-92-30(95)19-20-31(96)93-24-28(26-15-10-8-11-16-26)27-17-12-9-13-18-27/h8-13,15-20,28-29H,2-7,14,21-25H2,1H3,(H,92,95)(H,93,96)/b20-19+. The van der Waals surface area contributed by atoms with Gasteiger partial charge in [-0.3, -0.25) is 14.5 Å². The summed E-state index contributed by atoms with van der Waals surface area (Å²) in [4.78, 5) is 31.8. The Hall–Kier alpha value is -10.5. The topological polar surface area (TPSA) is 61.4 Å². The zero-order valence-corrected chi connectivity index (χ0v) is 51.8. The lowest BCUT2D eigenvalue weighted by molar-refractivity contribution is -0.118. The lowest BCUT2D eigenvalue weighted by atomic mass is 9.48. The Morgan fingerprint density at radius 2 is 0.635 bits per heavy atom. The molecule has 2 amide bonds. The molecule has 1 unspecified atom stereocenters. The van der Waals surface area contributed by atoms with Crippen molar-refractivity contribution >= 4 is 303 Å². The van der Waals surface area contributed by atoms with Gasteiger partial charge < -0.3 is 10.6 Å². The number of benzene rings is 20. The van der Waals surface area contributed by atoms with Crippen molar-refractivity contribution in [3.8, 4) is 0 Å². The smallest absolute Gasteiger partial charge is 0.244 e. The third-order valence-electron chi connectivity index (χ3n) is 31.0.